The first kappa shape index (κ1) is 19.1. The van der Waals surface area contributed by atoms with E-state index in [1.807, 2.05) is 52.0 Å². The third-order valence-electron chi connectivity index (χ3n) is 2.59. The Balaban J connectivity index is 0.00000191. The number of hydrogen-bond donors (Lipinski definition) is 0. The number of hydrogen-bond acceptors (Lipinski definition) is 3. The molecule has 3 heteroatoms. The van der Waals surface area contributed by atoms with Crippen LogP contribution in [0.3, 0.4) is 0 Å². The maximum absolute atomic E-state index is 11.5. The molecule has 0 bridgehead atoms. The SMILES string of the molecule is CC.CCCC(=O)Cc1ccc(O/C(C)=C/C=NC)cc1. The summed E-state index contributed by atoms with van der Waals surface area (Å²) in [5, 5.41) is 0. The smallest absolute Gasteiger partial charge is 0.137 e. The van der Waals surface area contributed by atoms with E-state index in [-0.39, 0.29) is 5.78 Å². The molecule has 0 radical (unpaired) electrons. The zero-order valence-electron chi connectivity index (χ0n) is 13.8. The lowest BCUT2D eigenvalue weighted by Crippen LogP contribution is -2.01. The minimum Gasteiger partial charge on any atom is -0.462 e. The van der Waals surface area contributed by atoms with Gasteiger partial charge in [-0.3, -0.25) is 9.79 Å². The number of carbonyl (C=O) groups is 1. The van der Waals surface area contributed by atoms with Gasteiger partial charge < -0.3 is 4.74 Å². The van der Waals surface area contributed by atoms with Gasteiger partial charge in [-0.05, 0) is 37.1 Å². The molecule has 21 heavy (non-hydrogen) atoms. The van der Waals surface area contributed by atoms with Crippen molar-refractivity contribution in [1.82, 2.24) is 0 Å². The molecule has 0 saturated carbocycles. The number of ether oxygens (including phenoxy) is 1. The largest absolute Gasteiger partial charge is 0.462 e. The van der Waals surface area contributed by atoms with E-state index < -0.39 is 0 Å². The van der Waals surface area contributed by atoms with E-state index in [1.165, 1.54) is 0 Å². The molecular formula is C18H27NO2. The third kappa shape index (κ3) is 8.79. The molecule has 0 atom stereocenters. The molecule has 0 aliphatic heterocycles. The van der Waals surface area contributed by atoms with Crippen LogP contribution in [0.2, 0.25) is 0 Å². The number of carbonyl (C=O) groups excluding carboxylic acids is 1. The second-order valence-electron chi connectivity index (χ2n) is 4.40. The first-order valence-corrected chi connectivity index (χ1v) is 7.53. The maximum atomic E-state index is 11.5. The summed E-state index contributed by atoms with van der Waals surface area (Å²) in [5.74, 6) is 1.83. The Morgan fingerprint density at radius 3 is 2.38 bits per heavy atom. The van der Waals surface area contributed by atoms with E-state index in [0.29, 0.717) is 12.8 Å². The van der Waals surface area contributed by atoms with Crippen LogP contribution in [0.5, 0.6) is 5.75 Å². The zero-order chi connectivity index (χ0) is 16.1. The van der Waals surface area contributed by atoms with Crippen LogP contribution in [-0.2, 0) is 11.2 Å². The topological polar surface area (TPSA) is 38.7 Å². The van der Waals surface area contributed by atoms with Crippen molar-refractivity contribution in [3.8, 4) is 5.75 Å². The van der Waals surface area contributed by atoms with Gasteiger partial charge in [-0.1, -0.05) is 32.9 Å². The number of benzene rings is 1. The van der Waals surface area contributed by atoms with Crippen LogP contribution in [0.15, 0.2) is 41.1 Å². The van der Waals surface area contributed by atoms with Crippen molar-refractivity contribution in [3.63, 3.8) is 0 Å². The standard InChI is InChI=1S/C16H21NO2.C2H6/c1-4-5-15(18)12-14-6-8-16(9-7-14)19-13(2)10-11-17-3;1-2/h6-11H,4-5,12H2,1-3H3;1-2H3/b13-10+,17-11?;. The highest BCUT2D eigenvalue weighted by Gasteiger charge is 2.03. The molecule has 0 unspecified atom stereocenters. The van der Waals surface area contributed by atoms with Gasteiger partial charge in [0.25, 0.3) is 0 Å². The van der Waals surface area contributed by atoms with Crippen molar-refractivity contribution in [2.75, 3.05) is 7.05 Å². The summed E-state index contributed by atoms with van der Waals surface area (Å²) in [5.41, 5.74) is 1.03. The molecule has 0 fully saturated rings. The van der Waals surface area contributed by atoms with E-state index in [0.717, 1.165) is 23.5 Å². The van der Waals surface area contributed by atoms with Gasteiger partial charge in [-0.15, -0.1) is 0 Å². The van der Waals surface area contributed by atoms with Gasteiger partial charge in [0.15, 0.2) is 0 Å². The minimum absolute atomic E-state index is 0.284. The summed E-state index contributed by atoms with van der Waals surface area (Å²) in [6.45, 7) is 7.89. The molecule has 0 N–H and O–H groups in total. The first-order chi connectivity index (χ1) is 10.2. The molecule has 1 aromatic rings. The van der Waals surface area contributed by atoms with Crippen molar-refractivity contribution in [2.45, 2.75) is 47.0 Å². The van der Waals surface area contributed by atoms with Crippen LogP contribution in [0, 0.1) is 0 Å². The van der Waals surface area contributed by atoms with E-state index in [1.54, 1.807) is 19.3 Å². The molecule has 0 aromatic heterocycles. The van der Waals surface area contributed by atoms with Crippen molar-refractivity contribution >= 4 is 12.0 Å². The van der Waals surface area contributed by atoms with Crippen LogP contribution in [0.25, 0.3) is 0 Å². The molecule has 0 aliphatic rings. The molecule has 1 rings (SSSR count). The number of allylic oxidation sites excluding steroid dienone is 2. The van der Waals surface area contributed by atoms with Gasteiger partial charge >= 0.3 is 0 Å². The highest BCUT2D eigenvalue weighted by Crippen LogP contribution is 2.15. The Bertz CT molecular complexity index is 459. The van der Waals surface area contributed by atoms with Crippen molar-refractivity contribution < 1.29 is 9.53 Å². The lowest BCUT2D eigenvalue weighted by Gasteiger charge is -2.06. The fourth-order valence-corrected chi connectivity index (χ4v) is 1.67. The van der Waals surface area contributed by atoms with Gasteiger partial charge in [0.05, 0.1) is 0 Å². The maximum Gasteiger partial charge on any atom is 0.137 e. The predicted octanol–water partition coefficient (Wildman–Crippen LogP) is 4.61. The average molecular weight is 289 g/mol. The fraction of sp³-hybridized carbons (Fsp3) is 0.444. The van der Waals surface area contributed by atoms with Crippen LogP contribution in [0.4, 0.5) is 0 Å². The van der Waals surface area contributed by atoms with Crippen LogP contribution in [-0.4, -0.2) is 19.0 Å². The lowest BCUT2D eigenvalue weighted by molar-refractivity contribution is -0.118. The summed E-state index contributed by atoms with van der Waals surface area (Å²) in [4.78, 5) is 15.4. The average Bonchev–Trinajstić information content (AvgIpc) is 2.49. The Morgan fingerprint density at radius 2 is 1.86 bits per heavy atom. The highest BCUT2D eigenvalue weighted by molar-refractivity contribution is 5.80. The monoisotopic (exact) mass is 289 g/mol. The molecule has 0 saturated heterocycles. The minimum atomic E-state index is 0.284. The molecule has 3 nitrogen and oxygen atoms in total. The quantitative estimate of drug-likeness (QED) is 0.543. The number of aliphatic imine (C=N–C) groups is 1. The van der Waals surface area contributed by atoms with Crippen molar-refractivity contribution in [3.05, 3.63) is 41.7 Å². The van der Waals surface area contributed by atoms with Crippen LogP contribution >= 0.6 is 0 Å². The second-order valence-corrected chi connectivity index (χ2v) is 4.40. The van der Waals surface area contributed by atoms with E-state index in [9.17, 15) is 4.79 Å². The molecule has 116 valence electrons. The highest BCUT2D eigenvalue weighted by atomic mass is 16.5. The number of nitrogens with zero attached hydrogens (tertiary/aromatic N) is 1. The Labute approximate surface area is 128 Å². The van der Waals surface area contributed by atoms with Gasteiger partial charge in [-0.2, -0.15) is 0 Å². The van der Waals surface area contributed by atoms with Gasteiger partial charge in [0, 0.05) is 26.1 Å². The first-order valence-electron chi connectivity index (χ1n) is 7.53. The number of ketones is 1. The van der Waals surface area contributed by atoms with E-state index in [4.69, 9.17) is 4.74 Å². The van der Waals surface area contributed by atoms with Gasteiger partial charge in [-0.25, -0.2) is 0 Å². The summed E-state index contributed by atoms with van der Waals surface area (Å²) < 4.78 is 5.61. The Hall–Kier alpha value is -1.90. The summed E-state index contributed by atoms with van der Waals surface area (Å²) in [6.07, 6.45) is 5.55. The number of rotatable bonds is 7. The third-order valence-corrected chi connectivity index (χ3v) is 2.59. The Morgan fingerprint density at radius 1 is 1.24 bits per heavy atom. The molecule has 0 heterocycles. The van der Waals surface area contributed by atoms with Crippen LogP contribution < -0.4 is 4.74 Å². The fourth-order valence-electron chi connectivity index (χ4n) is 1.67. The van der Waals surface area contributed by atoms with Crippen LogP contribution in [0.1, 0.15) is 46.1 Å². The molecule has 1 aromatic carbocycles. The molecule has 0 aliphatic carbocycles. The van der Waals surface area contributed by atoms with E-state index in [2.05, 4.69) is 4.99 Å². The van der Waals surface area contributed by atoms with Crippen molar-refractivity contribution in [2.24, 2.45) is 4.99 Å². The van der Waals surface area contributed by atoms with E-state index >= 15 is 0 Å². The normalized spacial score (nSPS) is 11.0. The second kappa shape index (κ2) is 11.9. The lowest BCUT2D eigenvalue weighted by atomic mass is 10.1. The molecular weight excluding hydrogens is 262 g/mol. The van der Waals surface area contributed by atoms with Gasteiger partial charge in [0.2, 0.25) is 0 Å². The molecule has 0 spiro atoms. The summed E-state index contributed by atoms with van der Waals surface area (Å²) in [7, 11) is 1.71. The Kier molecular flexibility index (Phi) is 10.8. The molecule has 0 amide bonds. The zero-order valence-corrected chi connectivity index (χ0v) is 13.8. The summed E-state index contributed by atoms with van der Waals surface area (Å²) >= 11 is 0. The number of Topliss-reactive ketones (excluding diaryl/α,β-unsaturated/α-hetero) is 1. The summed E-state index contributed by atoms with van der Waals surface area (Å²) in [6, 6.07) is 7.64. The van der Waals surface area contributed by atoms with Crippen molar-refractivity contribution in [1.29, 1.82) is 0 Å². The van der Waals surface area contributed by atoms with Gasteiger partial charge in [0.1, 0.15) is 17.3 Å². The predicted molar refractivity (Wildman–Crippen MR) is 90.2 cm³/mol.